The van der Waals surface area contributed by atoms with Crippen molar-refractivity contribution in [1.82, 2.24) is 14.7 Å². The standard InChI is InChI=1S/C36H44N4O9S.2ClH/c1-6-48-31-10-8-7-9-28(31)36(49-35(42)39-21-19-38(20-22-39)25-15-17-37(2)18-16-25)29-23-26(45-3)11-13-30(29)40(34(36)41)50(43,44)33-14-12-27(46-4)24-32(33)47-5;;/h7-14,23-25H,6,15-22H2,1-5H3;2*1H. The molecular weight excluding hydrogens is 735 g/mol. The number of para-hydroxylation sites is 1. The van der Waals surface area contributed by atoms with Crippen LogP contribution in [-0.4, -0.2) is 115 Å². The van der Waals surface area contributed by atoms with Gasteiger partial charge >= 0.3 is 6.09 Å². The summed E-state index contributed by atoms with van der Waals surface area (Å²) in [5, 5.41) is 0. The Morgan fingerprint density at radius 3 is 2.08 bits per heavy atom. The molecule has 3 aromatic rings. The molecule has 0 bridgehead atoms. The maximum Gasteiger partial charge on any atom is 0.411 e. The molecule has 1 atom stereocenters. The topological polar surface area (TPSA) is 127 Å². The molecule has 2 fully saturated rings. The van der Waals surface area contributed by atoms with Crippen LogP contribution in [0.15, 0.2) is 65.6 Å². The molecule has 0 radical (unpaired) electrons. The van der Waals surface area contributed by atoms with Gasteiger partial charge in [-0.1, -0.05) is 18.2 Å². The van der Waals surface area contributed by atoms with Gasteiger partial charge in [0, 0.05) is 43.9 Å². The van der Waals surface area contributed by atoms with Crippen molar-refractivity contribution in [3.8, 4) is 23.0 Å². The first-order valence-electron chi connectivity index (χ1n) is 16.7. The van der Waals surface area contributed by atoms with E-state index in [0.717, 1.165) is 25.9 Å². The Labute approximate surface area is 317 Å². The second-order valence-corrected chi connectivity index (χ2v) is 14.3. The normalized spacial score (nSPS) is 19.6. The monoisotopic (exact) mass is 780 g/mol. The average Bonchev–Trinajstić information content (AvgIpc) is 3.39. The van der Waals surface area contributed by atoms with E-state index in [1.54, 1.807) is 42.2 Å². The summed E-state index contributed by atoms with van der Waals surface area (Å²) < 4.78 is 58.6. The molecular formula is C36H46Cl2N4O9S. The minimum Gasteiger partial charge on any atom is -0.497 e. The molecule has 3 aromatic carbocycles. The Hall–Kier alpha value is -3.95. The molecule has 284 valence electrons. The van der Waals surface area contributed by atoms with Crippen LogP contribution in [-0.2, 0) is 25.2 Å². The molecule has 0 N–H and O–H groups in total. The molecule has 6 rings (SSSR count). The molecule has 0 aliphatic carbocycles. The van der Waals surface area contributed by atoms with Gasteiger partial charge < -0.3 is 33.5 Å². The smallest absolute Gasteiger partial charge is 0.411 e. The van der Waals surface area contributed by atoms with Crippen molar-refractivity contribution in [2.75, 3.05) is 78.6 Å². The van der Waals surface area contributed by atoms with Gasteiger partial charge in [0.2, 0.25) is 5.60 Å². The van der Waals surface area contributed by atoms with E-state index in [1.807, 2.05) is 0 Å². The molecule has 1 unspecified atom stereocenters. The number of benzene rings is 3. The average molecular weight is 782 g/mol. The van der Waals surface area contributed by atoms with Crippen molar-refractivity contribution >= 4 is 52.5 Å². The minimum absolute atomic E-state index is 0. The quantitative estimate of drug-likeness (QED) is 0.282. The number of hydrogen-bond acceptors (Lipinski definition) is 11. The van der Waals surface area contributed by atoms with Crippen LogP contribution in [0.1, 0.15) is 30.9 Å². The van der Waals surface area contributed by atoms with E-state index in [2.05, 4.69) is 16.8 Å². The Balaban J connectivity index is 0.00000302. The summed E-state index contributed by atoms with van der Waals surface area (Å²) in [7, 11) is 1.69. The number of halogens is 2. The van der Waals surface area contributed by atoms with Gasteiger partial charge in [-0.3, -0.25) is 9.69 Å². The predicted octanol–water partition coefficient (Wildman–Crippen LogP) is 4.78. The molecule has 3 aliphatic rings. The van der Waals surface area contributed by atoms with E-state index in [9.17, 15) is 13.2 Å². The summed E-state index contributed by atoms with van der Waals surface area (Å²) >= 11 is 0. The predicted molar refractivity (Wildman–Crippen MR) is 200 cm³/mol. The highest BCUT2D eigenvalue weighted by Gasteiger charge is 2.61. The number of methoxy groups -OCH3 is 3. The van der Waals surface area contributed by atoms with Crippen LogP contribution in [0.2, 0.25) is 0 Å². The van der Waals surface area contributed by atoms with Crippen LogP contribution in [0, 0.1) is 0 Å². The zero-order valence-corrected chi connectivity index (χ0v) is 32.4. The molecule has 2 amide bonds. The SMILES string of the molecule is CCOc1ccccc1C1(OC(=O)N2CCN(C3CCN(C)CC3)CC2)C(=O)N(S(=O)(=O)c2ccc(OC)cc2OC)c2ccc(OC)cc21.Cl.Cl. The Morgan fingerprint density at radius 2 is 1.44 bits per heavy atom. The van der Waals surface area contributed by atoms with E-state index in [0.29, 0.717) is 48.0 Å². The number of fused-ring (bicyclic) bond motifs is 1. The molecule has 2 saturated heterocycles. The summed E-state index contributed by atoms with van der Waals surface area (Å²) in [6, 6.07) is 15.9. The van der Waals surface area contributed by atoms with Gasteiger partial charge in [0.15, 0.2) is 0 Å². The number of carbonyl (C=O) groups is 2. The van der Waals surface area contributed by atoms with Gasteiger partial charge in [-0.15, -0.1) is 24.8 Å². The van der Waals surface area contributed by atoms with Gasteiger partial charge in [0.05, 0.1) is 39.2 Å². The van der Waals surface area contributed by atoms with Crippen molar-refractivity contribution in [1.29, 1.82) is 0 Å². The number of likely N-dealkylation sites (tertiary alicyclic amines) is 1. The highest BCUT2D eigenvalue weighted by Crippen LogP contribution is 2.53. The van der Waals surface area contributed by atoms with Crippen molar-refractivity contribution in [3.63, 3.8) is 0 Å². The van der Waals surface area contributed by atoms with E-state index >= 15 is 4.79 Å². The van der Waals surface area contributed by atoms with Gasteiger partial charge in [-0.25, -0.2) is 13.2 Å². The second kappa shape index (κ2) is 16.8. The maximum absolute atomic E-state index is 15.2. The zero-order chi connectivity index (χ0) is 35.6. The fourth-order valence-corrected chi connectivity index (χ4v) is 8.67. The van der Waals surface area contributed by atoms with Crippen LogP contribution in [0.5, 0.6) is 23.0 Å². The molecule has 0 saturated carbocycles. The molecule has 16 heteroatoms. The van der Waals surface area contributed by atoms with Crippen LogP contribution in [0.3, 0.4) is 0 Å². The highest BCUT2D eigenvalue weighted by molar-refractivity contribution is 7.93. The molecule has 3 aliphatic heterocycles. The number of amides is 2. The van der Waals surface area contributed by atoms with E-state index < -0.39 is 27.6 Å². The number of rotatable bonds is 10. The third-order valence-electron chi connectivity index (χ3n) is 9.76. The minimum atomic E-state index is -4.67. The van der Waals surface area contributed by atoms with E-state index in [-0.39, 0.29) is 64.6 Å². The first-order chi connectivity index (χ1) is 24.1. The number of carbonyl (C=O) groups excluding carboxylic acids is 2. The lowest BCUT2D eigenvalue weighted by Crippen LogP contribution is -2.55. The van der Waals surface area contributed by atoms with Gasteiger partial charge in [-0.2, -0.15) is 4.31 Å². The first-order valence-corrected chi connectivity index (χ1v) is 18.2. The summed E-state index contributed by atoms with van der Waals surface area (Å²) in [6.07, 6.45) is 1.38. The van der Waals surface area contributed by atoms with E-state index in [4.69, 9.17) is 23.7 Å². The van der Waals surface area contributed by atoms with Gasteiger partial charge in [0.25, 0.3) is 15.9 Å². The van der Waals surface area contributed by atoms with E-state index in [1.165, 1.54) is 51.7 Å². The molecule has 0 aromatic heterocycles. The summed E-state index contributed by atoms with van der Waals surface area (Å²) in [5.74, 6) is -0.0799. The fourth-order valence-electron chi connectivity index (χ4n) is 7.07. The van der Waals surface area contributed by atoms with Crippen LogP contribution in [0.4, 0.5) is 10.5 Å². The number of ether oxygens (including phenoxy) is 5. The largest absolute Gasteiger partial charge is 0.497 e. The zero-order valence-electron chi connectivity index (χ0n) is 29.9. The lowest BCUT2D eigenvalue weighted by atomic mass is 9.86. The highest BCUT2D eigenvalue weighted by atomic mass is 35.5. The van der Waals surface area contributed by atoms with Gasteiger partial charge in [-0.05, 0) is 76.3 Å². The fraction of sp³-hybridized carbons (Fsp3) is 0.444. The molecule has 52 heavy (non-hydrogen) atoms. The van der Waals surface area contributed by atoms with Crippen molar-refractivity contribution in [2.45, 2.75) is 36.3 Å². The number of sulfonamides is 1. The molecule has 13 nitrogen and oxygen atoms in total. The first kappa shape index (κ1) is 40.8. The summed E-state index contributed by atoms with van der Waals surface area (Å²) in [4.78, 5) is 35.5. The van der Waals surface area contributed by atoms with Gasteiger partial charge in [0.1, 0.15) is 27.9 Å². The van der Waals surface area contributed by atoms with Crippen LogP contribution < -0.4 is 23.3 Å². The number of nitrogens with zero attached hydrogens (tertiary/aromatic N) is 4. The van der Waals surface area contributed by atoms with Crippen LogP contribution >= 0.6 is 24.8 Å². The lowest BCUT2D eigenvalue weighted by Gasteiger charge is -2.42. The summed E-state index contributed by atoms with van der Waals surface area (Å²) in [6.45, 7) is 6.17. The number of piperidine rings is 1. The Bertz CT molecular complexity index is 1850. The number of anilines is 1. The third kappa shape index (κ3) is 7.31. The second-order valence-electron chi connectivity index (χ2n) is 12.5. The lowest BCUT2D eigenvalue weighted by molar-refractivity contribution is -0.132. The van der Waals surface area contributed by atoms with Crippen molar-refractivity contribution < 1.29 is 41.7 Å². The number of hydrogen-bond donors (Lipinski definition) is 0. The Kier molecular flexibility index (Phi) is 13.2. The molecule has 3 heterocycles. The van der Waals surface area contributed by atoms with Crippen molar-refractivity contribution in [2.24, 2.45) is 0 Å². The van der Waals surface area contributed by atoms with Crippen LogP contribution in [0.25, 0.3) is 0 Å². The maximum atomic E-state index is 15.2. The van der Waals surface area contributed by atoms with Crippen molar-refractivity contribution in [3.05, 3.63) is 71.8 Å². The molecule has 0 spiro atoms. The third-order valence-corrected chi connectivity index (χ3v) is 11.5. The summed E-state index contributed by atoms with van der Waals surface area (Å²) in [5.41, 5.74) is -1.97. The number of piperazine rings is 1. The Morgan fingerprint density at radius 1 is 0.808 bits per heavy atom.